The van der Waals surface area contributed by atoms with Gasteiger partial charge in [-0.25, -0.2) is 8.42 Å². The molecular weight excluding hydrogens is 272 g/mol. The molecule has 5 heteroatoms. The molecule has 0 aliphatic carbocycles. The maximum Gasteiger partial charge on any atom is 0.218 e. The molecule has 1 saturated heterocycles. The standard InChI is InChI=1S/C15H24N2O2S/c1-12-6-7-13(2)17(10-12)20(18,19)11-15-5-3-4-14(8-15)9-16/h3-5,8,12-13H,6-7,9-11,16H2,1-2H3. The largest absolute Gasteiger partial charge is 0.326 e. The van der Waals surface area contributed by atoms with Crippen LogP contribution in [0.1, 0.15) is 37.8 Å². The predicted molar refractivity (Wildman–Crippen MR) is 81.5 cm³/mol. The lowest BCUT2D eigenvalue weighted by molar-refractivity contribution is 0.217. The molecule has 2 unspecified atom stereocenters. The van der Waals surface area contributed by atoms with E-state index in [1.165, 1.54) is 0 Å². The van der Waals surface area contributed by atoms with Gasteiger partial charge < -0.3 is 5.73 Å². The van der Waals surface area contributed by atoms with E-state index in [9.17, 15) is 8.42 Å². The molecule has 0 aromatic heterocycles. The fourth-order valence-electron chi connectivity index (χ4n) is 2.78. The zero-order valence-corrected chi connectivity index (χ0v) is 13.1. The predicted octanol–water partition coefficient (Wildman–Crippen LogP) is 2.10. The molecular formula is C15H24N2O2S. The molecule has 2 N–H and O–H groups in total. The second-order valence-electron chi connectivity index (χ2n) is 5.88. The lowest BCUT2D eigenvalue weighted by Crippen LogP contribution is -2.45. The molecule has 20 heavy (non-hydrogen) atoms. The zero-order chi connectivity index (χ0) is 14.8. The number of benzene rings is 1. The summed E-state index contributed by atoms with van der Waals surface area (Å²) in [6.07, 6.45) is 2.05. The Balaban J connectivity index is 2.17. The molecule has 1 aliphatic rings. The van der Waals surface area contributed by atoms with E-state index >= 15 is 0 Å². The third-order valence-corrected chi connectivity index (χ3v) is 5.92. The van der Waals surface area contributed by atoms with Crippen LogP contribution in [0.5, 0.6) is 0 Å². The van der Waals surface area contributed by atoms with Crippen LogP contribution >= 0.6 is 0 Å². The van der Waals surface area contributed by atoms with Crippen molar-refractivity contribution in [1.29, 1.82) is 0 Å². The Kier molecular flexibility index (Phi) is 4.83. The van der Waals surface area contributed by atoms with Crippen LogP contribution in [0.2, 0.25) is 0 Å². The summed E-state index contributed by atoms with van der Waals surface area (Å²) in [5.74, 6) is 0.508. The Labute approximate surface area is 122 Å². The smallest absolute Gasteiger partial charge is 0.218 e. The summed E-state index contributed by atoms with van der Waals surface area (Å²) in [7, 11) is -3.25. The molecule has 2 rings (SSSR count). The Hall–Kier alpha value is -0.910. The molecule has 1 heterocycles. The highest BCUT2D eigenvalue weighted by Gasteiger charge is 2.32. The lowest BCUT2D eigenvalue weighted by Gasteiger charge is -2.35. The lowest BCUT2D eigenvalue weighted by atomic mass is 9.97. The van der Waals surface area contributed by atoms with E-state index in [-0.39, 0.29) is 11.8 Å². The molecule has 0 radical (unpaired) electrons. The number of hydrogen-bond donors (Lipinski definition) is 1. The summed E-state index contributed by atoms with van der Waals surface area (Å²) in [5.41, 5.74) is 7.39. The summed E-state index contributed by atoms with van der Waals surface area (Å²) in [5, 5.41) is 0. The Morgan fingerprint density at radius 3 is 2.65 bits per heavy atom. The van der Waals surface area contributed by atoms with Crippen LogP contribution in [0.15, 0.2) is 24.3 Å². The van der Waals surface area contributed by atoms with E-state index in [1.54, 1.807) is 4.31 Å². The first-order valence-electron chi connectivity index (χ1n) is 7.20. The first-order valence-corrected chi connectivity index (χ1v) is 8.80. The van der Waals surface area contributed by atoms with E-state index in [0.717, 1.165) is 24.0 Å². The summed E-state index contributed by atoms with van der Waals surface area (Å²) in [4.78, 5) is 0. The molecule has 1 aromatic carbocycles. The van der Waals surface area contributed by atoms with Crippen molar-refractivity contribution in [3.63, 3.8) is 0 Å². The minimum Gasteiger partial charge on any atom is -0.326 e. The van der Waals surface area contributed by atoms with Crippen LogP contribution in [-0.2, 0) is 22.3 Å². The van der Waals surface area contributed by atoms with Crippen molar-refractivity contribution in [3.05, 3.63) is 35.4 Å². The summed E-state index contributed by atoms with van der Waals surface area (Å²) in [6, 6.07) is 7.63. The first-order chi connectivity index (χ1) is 9.42. The van der Waals surface area contributed by atoms with Crippen LogP contribution in [0.4, 0.5) is 0 Å². The fraction of sp³-hybridized carbons (Fsp3) is 0.600. The van der Waals surface area contributed by atoms with Gasteiger partial charge in [-0.15, -0.1) is 0 Å². The quantitative estimate of drug-likeness (QED) is 0.925. The number of piperidine rings is 1. The second kappa shape index (κ2) is 6.24. The van der Waals surface area contributed by atoms with Crippen molar-refractivity contribution in [2.45, 2.75) is 45.0 Å². The van der Waals surface area contributed by atoms with Crippen molar-refractivity contribution in [3.8, 4) is 0 Å². The highest BCUT2D eigenvalue weighted by Crippen LogP contribution is 2.26. The summed E-state index contributed by atoms with van der Waals surface area (Å²) in [6.45, 7) is 5.19. The van der Waals surface area contributed by atoms with Crippen LogP contribution in [0, 0.1) is 5.92 Å². The Bertz CT molecular complexity index is 557. The summed E-state index contributed by atoms with van der Waals surface area (Å²) < 4.78 is 26.9. The topological polar surface area (TPSA) is 63.4 Å². The van der Waals surface area contributed by atoms with Gasteiger partial charge in [0.05, 0.1) is 5.75 Å². The number of nitrogens with zero attached hydrogens (tertiary/aromatic N) is 1. The number of hydrogen-bond acceptors (Lipinski definition) is 3. The third-order valence-electron chi connectivity index (χ3n) is 3.99. The SMILES string of the molecule is CC1CCC(C)N(S(=O)(=O)Cc2cccc(CN)c2)C1. The molecule has 1 aromatic rings. The highest BCUT2D eigenvalue weighted by atomic mass is 32.2. The van der Waals surface area contributed by atoms with Gasteiger partial charge in [0.2, 0.25) is 10.0 Å². The van der Waals surface area contributed by atoms with Crippen LogP contribution < -0.4 is 5.73 Å². The van der Waals surface area contributed by atoms with Gasteiger partial charge in [0.15, 0.2) is 0 Å². The van der Waals surface area contributed by atoms with Gasteiger partial charge in [0.1, 0.15) is 0 Å². The first kappa shape index (κ1) is 15.5. The van der Waals surface area contributed by atoms with E-state index in [4.69, 9.17) is 5.73 Å². The maximum absolute atomic E-state index is 12.6. The van der Waals surface area contributed by atoms with Crippen molar-refractivity contribution >= 4 is 10.0 Å². The molecule has 112 valence electrons. The van der Waals surface area contributed by atoms with Crippen molar-refractivity contribution in [2.24, 2.45) is 11.7 Å². The van der Waals surface area contributed by atoms with Gasteiger partial charge in [0.25, 0.3) is 0 Å². The third kappa shape index (κ3) is 3.59. The van der Waals surface area contributed by atoms with Crippen molar-refractivity contribution in [1.82, 2.24) is 4.31 Å². The summed E-state index contributed by atoms with van der Waals surface area (Å²) >= 11 is 0. The van der Waals surface area contributed by atoms with E-state index in [1.807, 2.05) is 31.2 Å². The second-order valence-corrected chi connectivity index (χ2v) is 7.80. The van der Waals surface area contributed by atoms with Gasteiger partial charge in [-0.3, -0.25) is 0 Å². The van der Waals surface area contributed by atoms with Crippen LogP contribution in [0.25, 0.3) is 0 Å². The average molecular weight is 296 g/mol. The normalized spacial score (nSPS) is 24.8. The van der Waals surface area contributed by atoms with Gasteiger partial charge >= 0.3 is 0 Å². The highest BCUT2D eigenvalue weighted by molar-refractivity contribution is 7.88. The van der Waals surface area contributed by atoms with Gasteiger partial charge in [-0.05, 0) is 36.8 Å². The molecule has 1 aliphatic heterocycles. The molecule has 0 amide bonds. The van der Waals surface area contributed by atoms with E-state index < -0.39 is 10.0 Å². The molecule has 0 spiro atoms. The van der Waals surface area contributed by atoms with Crippen LogP contribution in [-0.4, -0.2) is 25.3 Å². The minimum atomic E-state index is -3.25. The van der Waals surface area contributed by atoms with Gasteiger partial charge in [-0.2, -0.15) is 4.31 Å². The average Bonchev–Trinajstić information content (AvgIpc) is 2.41. The molecule has 0 saturated carbocycles. The zero-order valence-electron chi connectivity index (χ0n) is 12.2. The Morgan fingerprint density at radius 2 is 1.95 bits per heavy atom. The number of sulfonamides is 1. The number of rotatable bonds is 4. The monoisotopic (exact) mass is 296 g/mol. The Morgan fingerprint density at radius 1 is 1.25 bits per heavy atom. The van der Waals surface area contributed by atoms with E-state index in [2.05, 4.69) is 6.92 Å². The molecule has 0 bridgehead atoms. The molecule has 4 nitrogen and oxygen atoms in total. The fourth-order valence-corrected chi connectivity index (χ4v) is 4.68. The number of nitrogens with two attached hydrogens (primary N) is 1. The van der Waals surface area contributed by atoms with Gasteiger partial charge in [0, 0.05) is 19.1 Å². The van der Waals surface area contributed by atoms with Crippen molar-refractivity contribution < 1.29 is 8.42 Å². The maximum atomic E-state index is 12.6. The molecule has 1 fully saturated rings. The van der Waals surface area contributed by atoms with Gasteiger partial charge in [-0.1, -0.05) is 31.2 Å². The van der Waals surface area contributed by atoms with E-state index in [0.29, 0.717) is 19.0 Å². The minimum absolute atomic E-state index is 0.0674. The molecule has 2 atom stereocenters. The van der Waals surface area contributed by atoms with Crippen LogP contribution in [0.3, 0.4) is 0 Å². The van der Waals surface area contributed by atoms with Crippen molar-refractivity contribution in [2.75, 3.05) is 6.54 Å².